The van der Waals surface area contributed by atoms with E-state index in [0.717, 1.165) is 38.5 Å². The molecular weight excluding hydrogens is 749 g/mol. The normalized spacial score (nSPS) is 23.3. The minimum absolute atomic E-state index is 0.242. The standard InChI is InChI=1S/C44H88NO11P/c1-3-5-7-9-11-13-15-17-18-19-20-22-24-26-28-30-32-34-38(47)45-36(37(46)33-31-29-27-25-23-21-16-14-12-10-8-6-4-2)35-55-57(53,54)56-44-42(51)40(49)39(48)41(50)43(44)52/h36-37,39-44,46,48-52H,3-35H2,1-2H3,(H,45,47)(H,53,54)/t36-,37+,39?,40-,41+,42+,43+,44?/m0/s1. The second-order valence-corrected chi connectivity index (χ2v) is 18.4. The molecule has 0 aliphatic heterocycles. The first-order chi connectivity index (χ1) is 27.4. The Morgan fingerprint density at radius 1 is 0.526 bits per heavy atom. The monoisotopic (exact) mass is 838 g/mol. The Kier molecular flexibility index (Phi) is 33.4. The number of hydrogen-bond donors (Lipinski definition) is 8. The van der Waals surface area contributed by atoms with Gasteiger partial charge in [0.2, 0.25) is 5.91 Å². The molecule has 340 valence electrons. The average molecular weight is 838 g/mol. The number of hydrogen-bond acceptors (Lipinski definition) is 10. The van der Waals surface area contributed by atoms with E-state index in [9.17, 15) is 44.9 Å². The fourth-order valence-corrected chi connectivity index (χ4v) is 8.76. The third kappa shape index (κ3) is 27.0. The minimum Gasteiger partial charge on any atom is -0.391 e. The van der Waals surface area contributed by atoms with E-state index in [4.69, 9.17) is 9.05 Å². The minimum atomic E-state index is -5.05. The molecule has 1 rings (SSSR count). The van der Waals surface area contributed by atoms with Gasteiger partial charge in [0, 0.05) is 6.42 Å². The number of phosphoric acid groups is 1. The molecule has 3 unspecified atom stereocenters. The molecule has 0 bridgehead atoms. The highest BCUT2D eigenvalue weighted by Crippen LogP contribution is 2.47. The lowest BCUT2D eigenvalue weighted by atomic mass is 9.85. The lowest BCUT2D eigenvalue weighted by Crippen LogP contribution is -2.64. The smallest absolute Gasteiger partial charge is 0.391 e. The van der Waals surface area contributed by atoms with Crippen molar-refractivity contribution in [3.05, 3.63) is 0 Å². The molecule has 0 saturated heterocycles. The molecule has 0 aromatic carbocycles. The summed E-state index contributed by atoms with van der Waals surface area (Å²) in [6.45, 7) is 3.90. The average Bonchev–Trinajstić information content (AvgIpc) is 3.19. The zero-order chi connectivity index (χ0) is 42.2. The Bertz CT molecular complexity index is 978. The van der Waals surface area contributed by atoms with Gasteiger partial charge in [-0.1, -0.05) is 200 Å². The lowest BCUT2D eigenvalue weighted by Gasteiger charge is -2.41. The first-order valence-electron chi connectivity index (χ1n) is 23.5. The molecule has 1 saturated carbocycles. The highest BCUT2D eigenvalue weighted by Gasteiger charge is 2.51. The van der Waals surface area contributed by atoms with E-state index in [-0.39, 0.29) is 12.3 Å². The van der Waals surface area contributed by atoms with Crippen LogP contribution in [0.3, 0.4) is 0 Å². The number of aliphatic hydroxyl groups excluding tert-OH is 6. The highest BCUT2D eigenvalue weighted by molar-refractivity contribution is 7.47. The molecule has 8 N–H and O–H groups in total. The molecule has 0 aromatic rings. The molecule has 1 fully saturated rings. The summed E-state index contributed by atoms with van der Waals surface area (Å²) in [5, 5.41) is 64.1. The summed E-state index contributed by atoms with van der Waals surface area (Å²) in [7, 11) is -5.05. The Labute approximate surface area is 346 Å². The third-order valence-electron chi connectivity index (χ3n) is 11.7. The first kappa shape index (κ1) is 54.4. The summed E-state index contributed by atoms with van der Waals surface area (Å²) >= 11 is 0. The van der Waals surface area contributed by atoms with Crippen LogP contribution in [0.4, 0.5) is 0 Å². The maximum atomic E-state index is 13.0. The second kappa shape index (κ2) is 35.0. The van der Waals surface area contributed by atoms with Crippen LogP contribution >= 0.6 is 7.82 Å². The van der Waals surface area contributed by atoms with E-state index in [1.54, 1.807) is 0 Å². The van der Waals surface area contributed by atoms with Crippen molar-refractivity contribution in [2.24, 2.45) is 0 Å². The van der Waals surface area contributed by atoms with Gasteiger partial charge in [-0.2, -0.15) is 0 Å². The van der Waals surface area contributed by atoms with E-state index < -0.39 is 63.2 Å². The number of phosphoric ester groups is 1. The van der Waals surface area contributed by atoms with E-state index in [1.165, 1.54) is 141 Å². The molecule has 9 atom stereocenters. The summed E-state index contributed by atoms with van der Waals surface area (Å²) in [5.41, 5.74) is 0. The van der Waals surface area contributed by atoms with Gasteiger partial charge in [0.15, 0.2) is 0 Å². The van der Waals surface area contributed by atoms with Crippen LogP contribution in [0.15, 0.2) is 0 Å². The molecule has 0 aromatic heterocycles. The maximum absolute atomic E-state index is 13.0. The summed E-state index contributed by atoms with van der Waals surface area (Å²) in [4.78, 5) is 23.4. The summed E-state index contributed by atoms with van der Waals surface area (Å²) in [6, 6.07) is -1.02. The van der Waals surface area contributed by atoms with Crippen molar-refractivity contribution in [2.45, 2.75) is 268 Å². The van der Waals surface area contributed by atoms with E-state index in [1.807, 2.05) is 0 Å². The summed E-state index contributed by atoms with van der Waals surface area (Å²) in [6.07, 6.45) is 24.2. The predicted octanol–water partition coefficient (Wildman–Crippen LogP) is 8.68. The van der Waals surface area contributed by atoms with E-state index in [2.05, 4.69) is 19.2 Å². The Morgan fingerprint density at radius 3 is 1.21 bits per heavy atom. The van der Waals surface area contributed by atoms with Crippen LogP contribution in [0, 0.1) is 0 Å². The second-order valence-electron chi connectivity index (χ2n) is 17.0. The highest BCUT2D eigenvalue weighted by atomic mass is 31.2. The van der Waals surface area contributed by atoms with Gasteiger partial charge in [-0.05, 0) is 12.8 Å². The molecule has 1 aliphatic rings. The van der Waals surface area contributed by atoms with Gasteiger partial charge in [0.25, 0.3) is 0 Å². The van der Waals surface area contributed by atoms with Crippen molar-refractivity contribution >= 4 is 13.7 Å². The molecule has 1 amide bonds. The van der Waals surface area contributed by atoms with Crippen LogP contribution in [-0.4, -0.2) is 96.8 Å². The molecule has 0 heterocycles. The van der Waals surface area contributed by atoms with Crippen molar-refractivity contribution < 1.29 is 53.9 Å². The maximum Gasteiger partial charge on any atom is 0.472 e. The number of amides is 1. The van der Waals surface area contributed by atoms with Crippen LogP contribution in [0.5, 0.6) is 0 Å². The lowest BCUT2D eigenvalue weighted by molar-refractivity contribution is -0.220. The third-order valence-corrected chi connectivity index (χ3v) is 12.7. The number of carbonyl (C=O) groups is 1. The molecule has 1 aliphatic carbocycles. The van der Waals surface area contributed by atoms with Crippen LogP contribution in [0.2, 0.25) is 0 Å². The van der Waals surface area contributed by atoms with Crippen molar-refractivity contribution in [3.8, 4) is 0 Å². The Balaban J connectivity index is 2.44. The van der Waals surface area contributed by atoms with Gasteiger partial charge in [0.1, 0.15) is 36.6 Å². The predicted molar refractivity (Wildman–Crippen MR) is 228 cm³/mol. The topological polar surface area (TPSA) is 206 Å². The Hall–Kier alpha value is -0.660. The quantitative estimate of drug-likeness (QED) is 0.0217. The van der Waals surface area contributed by atoms with Crippen molar-refractivity contribution in [1.29, 1.82) is 0 Å². The van der Waals surface area contributed by atoms with Gasteiger partial charge < -0.3 is 40.8 Å². The molecule has 0 radical (unpaired) electrons. The molecular formula is C44H88NO11P. The summed E-state index contributed by atoms with van der Waals surface area (Å²) in [5.74, 6) is -0.305. The van der Waals surface area contributed by atoms with Gasteiger partial charge >= 0.3 is 7.82 Å². The first-order valence-corrected chi connectivity index (χ1v) is 25.0. The van der Waals surface area contributed by atoms with Gasteiger partial charge in [-0.15, -0.1) is 0 Å². The van der Waals surface area contributed by atoms with Gasteiger partial charge in [-0.3, -0.25) is 13.8 Å². The molecule has 0 spiro atoms. The fraction of sp³-hybridized carbons (Fsp3) is 0.977. The van der Waals surface area contributed by atoms with Gasteiger partial charge in [-0.25, -0.2) is 4.57 Å². The van der Waals surface area contributed by atoms with E-state index >= 15 is 0 Å². The number of carbonyl (C=O) groups excluding carboxylic acids is 1. The van der Waals surface area contributed by atoms with E-state index in [0.29, 0.717) is 19.3 Å². The van der Waals surface area contributed by atoms with Crippen molar-refractivity contribution in [1.82, 2.24) is 5.32 Å². The molecule has 13 heteroatoms. The number of unbranched alkanes of at least 4 members (excludes halogenated alkanes) is 28. The zero-order valence-electron chi connectivity index (χ0n) is 36.2. The Morgan fingerprint density at radius 2 is 0.842 bits per heavy atom. The zero-order valence-corrected chi connectivity index (χ0v) is 37.1. The van der Waals surface area contributed by atoms with Crippen molar-refractivity contribution in [3.63, 3.8) is 0 Å². The SMILES string of the molecule is CCCCCCCCCCCCCCCCCCCC(=O)N[C@@H](COP(=O)(O)OC1[C@H](O)[C@H](O)C(O)[C@H](O)[C@H]1O)[C@H](O)CCCCCCCCCCCCCCC. The van der Waals surface area contributed by atoms with Crippen molar-refractivity contribution in [2.75, 3.05) is 6.61 Å². The summed E-state index contributed by atoms with van der Waals surface area (Å²) < 4.78 is 23.0. The van der Waals surface area contributed by atoms with Gasteiger partial charge in [0.05, 0.1) is 18.8 Å². The number of rotatable bonds is 39. The molecule has 12 nitrogen and oxygen atoms in total. The van der Waals surface area contributed by atoms with Crippen LogP contribution < -0.4 is 5.32 Å². The number of aliphatic hydroxyl groups is 6. The molecule has 57 heavy (non-hydrogen) atoms. The fourth-order valence-electron chi connectivity index (χ4n) is 7.79. The largest absolute Gasteiger partial charge is 0.472 e. The number of nitrogens with one attached hydrogen (secondary N) is 1. The van der Waals surface area contributed by atoms with Crippen LogP contribution in [-0.2, 0) is 18.4 Å². The van der Waals surface area contributed by atoms with Crippen LogP contribution in [0.1, 0.15) is 219 Å². The van der Waals surface area contributed by atoms with Crippen LogP contribution in [0.25, 0.3) is 0 Å².